The first-order valence-corrected chi connectivity index (χ1v) is 9.09. The number of benzene rings is 2. The van der Waals surface area contributed by atoms with Crippen molar-refractivity contribution in [2.45, 2.75) is 11.8 Å². The molecule has 2 heterocycles. The maximum absolute atomic E-state index is 12.5. The van der Waals surface area contributed by atoms with Gasteiger partial charge in [0.2, 0.25) is 0 Å². The summed E-state index contributed by atoms with van der Waals surface area (Å²) in [4.78, 5) is 13.4. The van der Waals surface area contributed by atoms with Gasteiger partial charge in [-0.15, -0.1) is 16.9 Å². The molecule has 130 valence electrons. The summed E-state index contributed by atoms with van der Waals surface area (Å²) in [7, 11) is 0. The quantitative estimate of drug-likeness (QED) is 0.509. The summed E-state index contributed by atoms with van der Waals surface area (Å²) in [5, 5.41) is 11.4. The molecule has 1 amide bonds. The van der Waals surface area contributed by atoms with Crippen molar-refractivity contribution in [2.75, 3.05) is 11.1 Å². The topological polar surface area (TPSA) is 81.2 Å². The first kappa shape index (κ1) is 16.4. The number of amides is 1. The van der Waals surface area contributed by atoms with Crippen molar-refractivity contribution >= 4 is 34.7 Å². The number of fused-ring (bicyclic) bond motifs is 1. The fourth-order valence-electron chi connectivity index (χ4n) is 2.56. The van der Waals surface area contributed by atoms with E-state index in [4.69, 9.17) is 8.83 Å². The molecule has 0 unspecified atom stereocenters. The molecule has 0 bridgehead atoms. The number of hydrogen-bond donors (Lipinski definition) is 1. The molecule has 0 saturated carbocycles. The Hall–Kier alpha value is -3.06. The average Bonchev–Trinajstić information content (AvgIpc) is 3.28. The smallest absolute Gasteiger partial charge is 0.322 e. The van der Waals surface area contributed by atoms with Crippen LogP contribution in [0.2, 0.25) is 0 Å². The lowest BCUT2D eigenvalue weighted by atomic mass is 10.2. The van der Waals surface area contributed by atoms with Gasteiger partial charge >= 0.3 is 6.01 Å². The molecule has 2 aromatic carbocycles. The number of furan rings is 1. The Balaban J connectivity index is 1.56. The molecule has 0 saturated heterocycles. The zero-order valence-electron chi connectivity index (χ0n) is 13.9. The predicted molar refractivity (Wildman–Crippen MR) is 100 cm³/mol. The van der Waals surface area contributed by atoms with E-state index in [1.54, 1.807) is 17.8 Å². The zero-order valence-corrected chi connectivity index (χ0v) is 14.7. The molecule has 0 radical (unpaired) electrons. The number of carbonyl (C=O) groups is 1. The molecule has 26 heavy (non-hydrogen) atoms. The van der Waals surface area contributed by atoms with Crippen LogP contribution in [0.4, 0.5) is 6.01 Å². The third kappa shape index (κ3) is 3.21. The number of rotatable bonds is 5. The minimum Gasteiger partial charge on any atom is -0.451 e. The molecule has 4 aromatic rings. The van der Waals surface area contributed by atoms with Gasteiger partial charge in [-0.1, -0.05) is 42.4 Å². The third-order valence-electron chi connectivity index (χ3n) is 3.71. The normalized spacial score (nSPS) is 11.0. The summed E-state index contributed by atoms with van der Waals surface area (Å²) < 4.78 is 11.2. The van der Waals surface area contributed by atoms with Crippen molar-refractivity contribution in [2.24, 2.45) is 0 Å². The fraction of sp³-hybridized carbons (Fsp3) is 0.105. The second-order valence-electron chi connectivity index (χ2n) is 5.44. The minimum absolute atomic E-state index is 0.0294. The van der Waals surface area contributed by atoms with Crippen molar-refractivity contribution in [3.63, 3.8) is 0 Å². The Bertz CT molecular complexity index is 1040. The van der Waals surface area contributed by atoms with Gasteiger partial charge in [-0.05, 0) is 30.0 Å². The lowest BCUT2D eigenvalue weighted by Gasteiger charge is -2.06. The molecule has 0 aliphatic carbocycles. The number of anilines is 1. The third-order valence-corrected chi connectivity index (χ3v) is 4.67. The van der Waals surface area contributed by atoms with E-state index in [0.29, 0.717) is 11.3 Å². The highest BCUT2D eigenvalue weighted by Gasteiger charge is 2.17. The van der Waals surface area contributed by atoms with E-state index in [9.17, 15) is 4.79 Å². The molecule has 0 spiro atoms. The van der Waals surface area contributed by atoms with E-state index in [0.717, 1.165) is 21.6 Å². The van der Waals surface area contributed by atoms with Crippen molar-refractivity contribution in [3.8, 4) is 11.7 Å². The largest absolute Gasteiger partial charge is 0.451 e. The van der Waals surface area contributed by atoms with Gasteiger partial charge in [-0.25, -0.2) is 0 Å². The van der Waals surface area contributed by atoms with Crippen molar-refractivity contribution in [1.29, 1.82) is 0 Å². The Labute approximate surface area is 153 Å². The number of nitrogens with zero attached hydrogens (tertiary/aromatic N) is 2. The zero-order chi connectivity index (χ0) is 17.9. The van der Waals surface area contributed by atoms with E-state index in [-0.39, 0.29) is 17.8 Å². The van der Waals surface area contributed by atoms with Crippen LogP contribution >= 0.6 is 11.8 Å². The van der Waals surface area contributed by atoms with Crippen LogP contribution < -0.4 is 5.32 Å². The second kappa shape index (κ2) is 7.05. The van der Waals surface area contributed by atoms with Crippen LogP contribution in [0.25, 0.3) is 22.6 Å². The number of nitrogens with one attached hydrogen (secondary N) is 1. The maximum atomic E-state index is 12.5. The lowest BCUT2D eigenvalue weighted by Crippen LogP contribution is -2.13. The van der Waals surface area contributed by atoms with Crippen LogP contribution in [0.3, 0.4) is 0 Å². The molecule has 0 aliphatic heterocycles. The van der Waals surface area contributed by atoms with Gasteiger partial charge in [0.1, 0.15) is 5.58 Å². The standard InChI is InChI=1S/C19H15N3O3S/c1-2-26-16-10-6-4-8-13(16)17(23)20-19-22-21-18(25-19)15-11-12-7-3-5-9-14(12)24-15/h3-11H,2H2,1H3,(H,20,22,23). The number of hydrogen-bond acceptors (Lipinski definition) is 6. The summed E-state index contributed by atoms with van der Waals surface area (Å²) in [6.45, 7) is 2.04. The Morgan fingerprint density at radius 1 is 1.08 bits per heavy atom. The van der Waals surface area contributed by atoms with Gasteiger partial charge in [-0.3, -0.25) is 10.1 Å². The Morgan fingerprint density at radius 2 is 1.88 bits per heavy atom. The average molecular weight is 365 g/mol. The van der Waals surface area contributed by atoms with Crippen LogP contribution in [0, 0.1) is 0 Å². The second-order valence-corrected chi connectivity index (χ2v) is 6.75. The van der Waals surface area contributed by atoms with Crippen LogP contribution in [0.1, 0.15) is 17.3 Å². The highest BCUT2D eigenvalue weighted by Crippen LogP contribution is 2.28. The van der Waals surface area contributed by atoms with E-state index in [1.807, 2.05) is 55.5 Å². The van der Waals surface area contributed by atoms with Gasteiger partial charge in [-0.2, -0.15) is 0 Å². The van der Waals surface area contributed by atoms with Crippen LogP contribution in [-0.2, 0) is 0 Å². The Morgan fingerprint density at radius 3 is 2.73 bits per heavy atom. The van der Waals surface area contributed by atoms with E-state index in [1.165, 1.54) is 0 Å². The predicted octanol–water partition coefficient (Wildman–Crippen LogP) is 4.85. The molecule has 4 rings (SSSR count). The summed E-state index contributed by atoms with van der Waals surface area (Å²) in [6, 6.07) is 16.9. The number of carbonyl (C=O) groups excluding carboxylic acids is 1. The molecule has 1 N–H and O–H groups in total. The number of thioether (sulfide) groups is 1. The van der Waals surface area contributed by atoms with Gasteiger partial charge in [0.25, 0.3) is 11.8 Å². The highest BCUT2D eigenvalue weighted by molar-refractivity contribution is 7.99. The van der Waals surface area contributed by atoms with E-state index < -0.39 is 0 Å². The van der Waals surface area contributed by atoms with E-state index >= 15 is 0 Å². The summed E-state index contributed by atoms with van der Waals surface area (Å²) in [5.41, 5.74) is 1.31. The summed E-state index contributed by atoms with van der Waals surface area (Å²) in [5.74, 6) is 1.26. The number of para-hydroxylation sites is 1. The van der Waals surface area contributed by atoms with Gasteiger partial charge in [0.05, 0.1) is 5.56 Å². The molecular weight excluding hydrogens is 350 g/mol. The highest BCUT2D eigenvalue weighted by atomic mass is 32.2. The van der Waals surface area contributed by atoms with Crippen molar-refractivity contribution in [1.82, 2.24) is 10.2 Å². The molecule has 0 fully saturated rings. The molecule has 0 aliphatic rings. The molecule has 2 aromatic heterocycles. The van der Waals surface area contributed by atoms with Gasteiger partial charge < -0.3 is 8.83 Å². The monoisotopic (exact) mass is 365 g/mol. The summed E-state index contributed by atoms with van der Waals surface area (Å²) >= 11 is 1.60. The van der Waals surface area contributed by atoms with Gasteiger partial charge in [0.15, 0.2) is 5.76 Å². The first-order valence-electron chi connectivity index (χ1n) is 8.10. The molecule has 7 heteroatoms. The lowest BCUT2D eigenvalue weighted by molar-refractivity contribution is 0.102. The fourth-order valence-corrected chi connectivity index (χ4v) is 3.36. The number of aromatic nitrogens is 2. The Kier molecular flexibility index (Phi) is 4.45. The van der Waals surface area contributed by atoms with Gasteiger partial charge in [0, 0.05) is 10.3 Å². The first-order chi connectivity index (χ1) is 12.7. The summed E-state index contributed by atoms with van der Waals surface area (Å²) in [6.07, 6.45) is 0. The van der Waals surface area contributed by atoms with Crippen LogP contribution in [-0.4, -0.2) is 21.9 Å². The molecular formula is C19H15N3O3S. The van der Waals surface area contributed by atoms with E-state index in [2.05, 4.69) is 15.5 Å². The van der Waals surface area contributed by atoms with Crippen LogP contribution in [0.15, 0.2) is 68.3 Å². The van der Waals surface area contributed by atoms with Crippen molar-refractivity contribution < 1.29 is 13.6 Å². The maximum Gasteiger partial charge on any atom is 0.322 e. The molecule has 6 nitrogen and oxygen atoms in total. The van der Waals surface area contributed by atoms with Crippen molar-refractivity contribution in [3.05, 3.63) is 60.2 Å². The SMILES string of the molecule is CCSc1ccccc1C(=O)Nc1nnc(-c2cc3ccccc3o2)o1. The molecule has 0 atom stereocenters. The van der Waals surface area contributed by atoms with Crippen LogP contribution in [0.5, 0.6) is 0 Å². The minimum atomic E-state index is -0.290.